The molecule has 0 atom stereocenters. The monoisotopic (exact) mass is 465 g/mol. The average molecular weight is 465 g/mol. The molecule has 0 amide bonds. The van der Waals surface area contributed by atoms with Crippen LogP contribution in [0.15, 0.2) is 76.7 Å². The van der Waals surface area contributed by atoms with Crippen molar-refractivity contribution in [3.8, 4) is 11.8 Å². The third-order valence-electron chi connectivity index (χ3n) is 4.58. The summed E-state index contributed by atoms with van der Waals surface area (Å²) in [6, 6.07) is 18.3. The number of benzene rings is 3. The van der Waals surface area contributed by atoms with Gasteiger partial charge in [-0.2, -0.15) is 10.4 Å². The summed E-state index contributed by atoms with van der Waals surface area (Å²) in [7, 11) is -2.72. The Balaban J connectivity index is 1.94. The van der Waals surface area contributed by atoms with Crippen LogP contribution in [0.2, 0.25) is 0 Å². The van der Waals surface area contributed by atoms with Gasteiger partial charge in [0.1, 0.15) is 10.6 Å². The van der Waals surface area contributed by atoms with Crippen LogP contribution in [0.5, 0.6) is 5.75 Å². The lowest BCUT2D eigenvalue weighted by Crippen LogP contribution is -2.15. The Morgan fingerprint density at radius 3 is 2.33 bits per heavy atom. The normalized spacial score (nSPS) is 11.4. The van der Waals surface area contributed by atoms with E-state index in [-0.39, 0.29) is 22.0 Å². The van der Waals surface area contributed by atoms with E-state index in [0.29, 0.717) is 22.6 Å². The first kappa shape index (κ1) is 23.2. The van der Waals surface area contributed by atoms with Crippen molar-refractivity contribution >= 4 is 32.8 Å². The summed E-state index contributed by atoms with van der Waals surface area (Å²) in [5.41, 5.74) is 4.32. The Labute approximate surface area is 190 Å². The first-order valence-electron chi connectivity index (χ1n) is 9.49. The molecule has 0 bridgehead atoms. The second-order valence-electron chi connectivity index (χ2n) is 6.77. The summed E-state index contributed by atoms with van der Waals surface area (Å²) in [4.78, 5) is 10.2. The molecular formula is C22H19N5O5S. The van der Waals surface area contributed by atoms with E-state index in [0.717, 1.165) is 6.07 Å². The molecule has 11 heteroatoms. The van der Waals surface area contributed by atoms with Gasteiger partial charge < -0.3 is 4.74 Å². The van der Waals surface area contributed by atoms with Crippen LogP contribution >= 0.6 is 0 Å². The fourth-order valence-corrected chi connectivity index (χ4v) is 4.04. The molecule has 0 saturated carbocycles. The number of anilines is 2. The lowest BCUT2D eigenvalue weighted by atomic mass is 10.1. The Kier molecular flexibility index (Phi) is 6.90. The number of methoxy groups -OCH3 is 1. The molecular weight excluding hydrogens is 446 g/mol. The van der Waals surface area contributed by atoms with E-state index in [2.05, 4.69) is 15.2 Å². The van der Waals surface area contributed by atoms with Gasteiger partial charge in [-0.1, -0.05) is 12.1 Å². The summed E-state index contributed by atoms with van der Waals surface area (Å²) in [6.07, 6.45) is 0. The third-order valence-corrected chi connectivity index (χ3v) is 6.00. The van der Waals surface area contributed by atoms with Crippen molar-refractivity contribution in [3.63, 3.8) is 0 Å². The van der Waals surface area contributed by atoms with Crippen LogP contribution in [0.3, 0.4) is 0 Å². The second kappa shape index (κ2) is 9.80. The molecule has 0 saturated heterocycles. The SMILES string of the molecule is COc1ccc(NS(=O)(=O)c2cc([N+](=O)[O-])ccc2N/N=C(/C)c2ccc(C#N)cc2)cc1. The largest absolute Gasteiger partial charge is 0.497 e. The van der Waals surface area contributed by atoms with E-state index < -0.39 is 14.9 Å². The zero-order chi connectivity index (χ0) is 24.0. The molecule has 0 unspecified atom stereocenters. The highest BCUT2D eigenvalue weighted by molar-refractivity contribution is 7.92. The minimum atomic E-state index is -4.20. The summed E-state index contributed by atoms with van der Waals surface area (Å²) < 4.78 is 33.6. The van der Waals surface area contributed by atoms with Crippen molar-refractivity contribution in [1.29, 1.82) is 5.26 Å². The molecule has 0 heterocycles. The standard InChI is InChI=1S/C22H19N5O5S/c1-15(17-5-3-16(14-23)4-6-17)24-25-21-12-9-19(27(28)29)13-22(21)33(30,31)26-18-7-10-20(32-2)11-8-18/h3-13,25-26H,1-2H3/b24-15-. The molecule has 2 N–H and O–H groups in total. The summed E-state index contributed by atoms with van der Waals surface area (Å²) in [5, 5.41) is 24.3. The average Bonchev–Trinajstić information content (AvgIpc) is 2.82. The zero-order valence-electron chi connectivity index (χ0n) is 17.6. The number of nitrogens with one attached hydrogen (secondary N) is 2. The number of hydrogen-bond donors (Lipinski definition) is 2. The Bertz CT molecular complexity index is 1350. The highest BCUT2D eigenvalue weighted by atomic mass is 32.2. The van der Waals surface area contributed by atoms with Crippen LogP contribution in [-0.2, 0) is 10.0 Å². The smallest absolute Gasteiger partial charge is 0.270 e. The molecule has 0 aliphatic heterocycles. The van der Waals surface area contributed by atoms with E-state index in [1.807, 2.05) is 6.07 Å². The van der Waals surface area contributed by atoms with Crippen molar-refractivity contribution in [1.82, 2.24) is 0 Å². The van der Waals surface area contributed by atoms with E-state index in [1.54, 1.807) is 43.3 Å². The maximum atomic E-state index is 13.1. The Morgan fingerprint density at radius 2 is 1.76 bits per heavy atom. The molecule has 10 nitrogen and oxygen atoms in total. The molecule has 33 heavy (non-hydrogen) atoms. The van der Waals surface area contributed by atoms with Crippen LogP contribution in [0.25, 0.3) is 0 Å². The predicted molar refractivity (Wildman–Crippen MR) is 124 cm³/mol. The van der Waals surface area contributed by atoms with E-state index in [1.165, 1.54) is 31.4 Å². The minimum Gasteiger partial charge on any atom is -0.497 e. The van der Waals surface area contributed by atoms with Crippen molar-refractivity contribution < 1.29 is 18.1 Å². The highest BCUT2D eigenvalue weighted by Crippen LogP contribution is 2.29. The van der Waals surface area contributed by atoms with Gasteiger partial charge in [0.15, 0.2) is 0 Å². The Morgan fingerprint density at radius 1 is 1.09 bits per heavy atom. The molecule has 168 valence electrons. The number of hydrogen-bond acceptors (Lipinski definition) is 8. The molecule has 0 fully saturated rings. The summed E-state index contributed by atoms with van der Waals surface area (Å²) in [6.45, 7) is 1.70. The van der Waals surface area contributed by atoms with Gasteiger partial charge in [-0.05, 0) is 55.0 Å². The van der Waals surface area contributed by atoms with Crippen LogP contribution in [-0.4, -0.2) is 26.2 Å². The fraction of sp³-hybridized carbons (Fsp3) is 0.0909. The van der Waals surface area contributed by atoms with Gasteiger partial charge in [-0.3, -0.25) is 20.3 Å². The van der Waals surface area contributed by atoms with E-state index in [9.17, 15) is 18.5 Å². The molecule has 0 aromatic heterocycles. The number of nitrogens with zero attached hydrogens (tertiary/aromatic N) is 3. The van der Waals surface area contributed by atoms with Crippen LogP contribution in [0, 0.1) is 21.4 Å². The van der Waals surface area contributed by atoms with Crippen molar-refractivity contribution in [2.75, 3.05) is 17.3 Å². The minimum absolute atomic E-state index is 0.0506. The number of nitro groups is 1. The molecule has 3 aromatic carbocycles. The van der Waals surface area contributed by atoms with Gasteiger partial charge in [-0.25, -0.2) is 8.42 Å². The fourth-order valence-electron chi connectivity index (χ4n) is 2.80. The quantitative estimate of drug-likeness (QED) is 0.289. The van der Waals surface area contributed by atoms with Crippen LogP contribution < -0.4 is 14.9 Å². The summed E-state index contributed by atoms with van der Waals surface area (Å²) in [5.74, 6) is 0.545. The molecule has 0 spiro atoms. The van der Waals surface area contributed by atoms with Gasteiger partial charge in [0.2, 0.25) is 0 Å². The Hall–Kier alpha value is -4.43. The first-order valence-corrected chi connectivity index (χ1v) is 11.0. The number of sulfonamides is 1. The number of nitriles is 1. The molecule has 3 aromatic rings. The zero-order valence-corrected chi connectivity index (χ0v) is 18.5. The van der Waals surface area contributed by atoms with Crippen molar-refractivity contribution in [2.45, 2.75) is 11.8 Å². The molecule has 0 aliphatic carbocycles. The van der Waals surface area contributed by atoms with Crippen molar-refractivity contribution in [3.05, 3.63) is 88.0 Å². The maximum Gasteiger partial charge on any atom is 0.270 e. The number of non-ortho nitro benzene ring substituents is 1. The van der Waals surface area contributed by atoms with Crippen molar-refractivity contribution in [2.24, 2.45) is 5.10 Å². The molecule has 3 rings (SSSR count). The molecule has 0 radical (unpaired) electrons. The van der Waals surface area contributed by atoms with Crippen LogP contribution in [0.4, 0.5) is 17.1 Å². The van der Waals surface area contributed by atoms with Gasteiger partial charge in [-0.15, -0.1) is 0 Å². The first-order chi connectivity index (χ1) is 15.7. The second-order valence-corrected chi connectivity index (χ2v) is 8.42. The highest BCUT2D eigenvalue weighted by Gasteiger charge is 2.23. The molecule has 0 aliphatic rings. The topological polar surface area (TPSA) is 147 Å². The maximum absolute atomic E-state index is 13.1. The number of hydrazone groups is 1. The van der Waals surface area contributed by atoms with Gasteiger partial charge in [0.05, 0.1) is 35.1 Å². The number of ether oxygens (including phenoxy) is 1. The van der Waals surface area contributed by atoms with Crippen LogP contribution in [0.1, 0.15) is 18.1 Å². The van der Waals surface area contributed by atoms with E-state index >= 15 is 0 Å². The third kappa shape index (κ3) is 5.63. The van der Waals surface area contributed by atoms with E-state index in [4.69, 9.17) is 10.00 Å². The predicted octanol–water partition coefficient (Wildman–Crippen LogP) is 4.11. The lowest BCUT2D eigenvalue weighted by molar-refractivity contribution is -0.385. The number of nitro benzene ring substituents is 1. The van der Waals surface area contributed by atoms with Gasteiger partial charge in [0, 0.05) is 17.8 Å². The lowest BCUT2D eigenvalue weighted by Gasteiger charge is -2.13. The van der Waals surface area contributed by atoms with Gasteiger partial charge >= 0.3 is 0 Å². The van der Waals surface area contributed by atoms with Gasteiger partial charge in [0.25, 0.3) is 15.7 Å². The number of rotatable bonds is 8. The summed E-state index contributed by atoms with van der Waals surface area (Å²) >= 11 is 0.